The lowest BCUT2D eigenvalue weighted by atomic mass is 10.2. The monoisotopic (exact) mass is 157 g/mol. The standard InChI is InChI=1S/C7H15N3O/c1-11-6-4-2-3-5(6)10-7(8)9/h5-6H,2-4H2,1H3,(H4,8,9,10). The van der Waals surface area contributed by atoms with Gasteiger partial charge >= 0.3 is 0 Å². The van der Waals surface area contributed by atoms with Gasteiger partial charge < -0.3 is 16.2 Å². The summed E-state index contributed by atoms with van der Waals surface area (Å²) in [6, 6.07) is 0.185. The van der Waals surface area contributed by atoms with E-state index in [0.717, 1.165) is 19.3 Å². The van der Waals surface area contributed by atoms with Gasteiger partial charge in [-0.05, 0) is 19.3 Å². The number of hydrogen-bond donors (Lipinski definition) is 2. The number of rotatable bonds is 2. The third kappa shape index (κ3) is 2.08. The first-order chi connectivity index (χ1) is 5.24. The average Bonchev–Trinajstić information content (AvgIpc) is 2.34. The number of methoxy groups -OCH3 is 1. The van der Waals surface area contributed by atoms with Crippen molar-refractivity contribution in [3.63, 3.8) is 0 Å². The molecule has 0 spiro atoms. The maximum absolute atomic E-state index is 5.26. The summed E-state index contributed by atoms with van der Waals surface area (Å²) < 4.78 is 5.21. The van der Waals surface area contributed by atoms with Crippen LogP contribution in [0.25, 0.3) is 0 Å². The Morgan fingerprint density at radius 3 is 2.73 bits per heavy atom. The van der Waals surface area contributed by atoms with Gasteiger partial charge in [-0.25, -0.2) is 4.99 Å². The Bertz CT molecular complexity index is 154. The molecule has 0 aliphatic heterocycles. The molecule has 2 atom stereocenters. The number of ether oxygens (including phenoxy) is 1. The van der Waals surface area contributed by atoms with Crippen LogP contribution in [-0.4, -0.2) is 25.2 Å². The van der Waals surface area contributed by atoms with E-state index in [1.54, 1.807) is 7.11 Å². The normalized spacial score (nSPS) is 30.3. The Balaban J connectivity index is 2.50. The Labute approximate surface area is 66.6 Å². The van der Waals surface area contributed by atoms with E-state index in [4.69, 9.17) is 16.2 Å². The van der Waals surface area contributed by atoms with Gasteiger partial charge in [0, 0.05) is 7.11 Å². The van der Waals surface area contributed by atoms with Gasteiger partial charge in [0.1, 0.15) is 0 Å². The van der Waals surface area contributed by atoms with Crippen LogP contribution >= 0.6 is 0 Å². The zero-order chi connectivity index (χ0) is 8.27. The predicted molar refractivity (Wildman–Crippen MR) is 44.2 cm³/mol. The number of nitrogens with zero attached hydrogens (tertiary/aromatic N) is 1. The smallest absolute Gasteiger partial charge is 0.186 e. The van der Waals surface area contributed by atoms with E-state index in [1.165, 1.54) is 0 Å². The molecule has 0 saturated heterocycles. The third-order valence-corrected chi connectivity index (χ3v) is 2.04. The number of nitrogens with two attached hydrogens (primary N) is 2. The molecular formula is C7H15N3O. The van der Waals surface area contributed by atoms with Crippen molar-refractivity contribution in [2.45, 2.75) is 31.4 Å². The molecule has 2 unspecified atom stereocenters. The highest BCUT2D eigenvalue weighted by atomic mass is 16.5. The van der Waals surface area contributed by atoms with E-state index >= 15 is 0 Å². The molecule has 0 bridgehead atoms. The van der Waals surface area contributed by atoms with Crippen LogP contribution in [0, 0.1) is 0 Å². The van der Waals surface area contributed by atoms with Gasteiger partial charge in [-0.3, -0.25) is 0 Å². The van der Waals surface area contributed by atoms with Crippen molar-refractivity contribution in [1.29, 1.82) is 0 Å². The molecule has 4 heteroatoms. The van der Waals surface area contributed by atoms with Crippen molar-refractivity contribution in [2.24, 2.45) is 16.5 Å². The first-order valence-electron chi connectivity index (χ1n) is 3.85. The van der Waals surface area contributed by atoms with Gasteiger partial charge in [0.2, 0.25) is 0 Å². The molecule has 64 valence electrons. The highest BCUT2D eigenvalue weighted by Crippen LogP contribution is 2.23. The summed E-state index contributed by atoms with van der Waals surface area (Å²) in [6.07, 6.45) is 3.48. The topological polar surface area (TPSA) is 73.6 Å². The second-order valence-electron chi connectivity index (χ2n) is 2.83. The van der Waals surface area contributed by atoms with Crippen LogP contribution < -0.4 is 11.5 Å². The van der Waals surface area contributed by atoms with Crippen molar-refractivity contribution in [3.05, 3.63) is 0 Å². The van der Waals surface area contributed by atoms with Crippen LogP contribution in [0.15, 0.2) is 4.99 Å². The number of guanidine groups is 1. The second-order valence-corrected chi connectivity index (χ2v) is 2.83. The summed E-state index contributed by atoms with van der Waals surface area (Å²) in [7, 11) is 1.70. The fraction of sp³-hybridized carbons (Fsp3) is 0.857. The van der Waals surface area contributed by atoms with Crippen LogP contribution in [0.5, 0.6) is 0 Å². The molecule has 0 aromatic heterocycles. The highest BCUT2D eigenvalue weighted by Gasteiger charge is 2.26. The lowest BCUT2D eigenvalue weighted by Crippen LogP contribution is -2.29. The summed E-state index contributed by atoms with van der Waals surface area (Å²) in [6.45, 7) is 0. The predicted octanol–water partition coefficient (Wildman–Crippen LogP) is -0.173. The quantitative estimate of drug-likeness (QED) is 0.431. The van der Waals surface area contributed by atoms with Gasteiger partial charge in [-0.15, -0.1) is 0 Å². The summed E-state index contributed by atoms with van der Waals surface area (Å²) in [5.74, 6) is 0.166. The molecule has 1 aliphatic carbocycles. The van der Waals surface area contributed by atoms with Gasteiger partial charge in [-0.2, -0.15) is 0 Å². The molecule has 0 aromatic rings. The molecule has 1 aliphatic rings. The summed E-state index contributed by atoms with van der Waals surface area (Å²) in [5, 5.41) is 0. The van der Waals surface area contributed by atoms with Crippen LogP contribution in [0.4, 0.5) is 0 Å². The Morgan fingerprint density at radius 1 is 1.45 bits per heavy atom. The molecule has 4 nitrogen and oxygen atoms in total. The molecule has 0 amide bonds. The van der Waals surface area contributed by atoms with E-state index in [0.29, 0.717) is 0 Å². The van der Waals surface area contributed by atoms with Crippen molar-refractivity contribution in [2.75, 3.05) is 7.11 Å². The summed E-state index contributed by atoms with van der Waals surface area (Å²) in [5.41, 5.74) is 10.5. The van der Waals surface area contributed by atoms with E-state index in [9.17, 15) is 0 Å². The zero-order valence-electron chi connectivity index (χ0n) is 6.79. The maximum atomic E-state index is 5.26. The van der Waals surface area contributed by atoms with Crippen LogP contribution in [0.2, 0.25) is 0 Å². The van der Waals surface area contributed by atoms with E-state index in [2.05, 4.69) is 4.99 Å². The Hall–Kier alpha value is -0.770. The van der Waals surface area contributed by atoms with Crippen molar-refractivity contribution in [1.82, 2.24) is 0 Å². The van der Waals surface area contributed by atoms with Crippen LogP contribution in [-0.2, 0) is 4.74 Å². The summed E-state index contributed by atoms with van der Waals surface area (Å²) in [4.78, 5) is 4.08. The molecule has 0 aromatic carbocycles. The summed E-state index contributed by atoms with van der Waals surface area (Å²) >= 11 is 0. The molecule has 1 rings (SSSR count). The SMILES string of the molecule is COC1CCCC1N=C(N)N. The van der Waals surface area contributed by atoms with E-state index < -0.39 is 0 Å². The lowest BCUT2D eigenvalue weighted by molar-refractivity contribution is 0.0965. The lowest BCUT2D eigenvalue weighted by Gasteiger charge is -2.13. The molecular weight excluding hydrogens is 142 g/mol. The van der Waals surface area contributed by atoms with Crippen molar-refractivity contribution < 1.29 is 4.74 Å². The molecule has 0 heterocycles. The molecule has 11 heavy (non-hydrogen) atoms. The van der Waals surface area contributed by atoms with Gasteiger partial charge in [-0.1, -0.05) is 0 Å². The molecule has 4 N–H and O–H groups in total. The van der Waals surface area contributed by atoms with Gasteiger partial charge in [0.15, 0.2) is 5.96 Å². The van der Waals surface area contributed by atoms with E-state index in [-0.39, 0.29) is 18.1 Å². The highest BCUT2D eigenvalue weighted by molar-refractivity contribution is 5.75. The maximum Gasteiger partial charge on any atom is 0.186 e. The average molecular weight is 157 g/mol. The van der Waals surface area contributed by atoms with Gasteiger partial charge in [0.05, 0.1) is 12.1 Å². The zero-order valence-corrected chi connectivity index (χ0v) is 6.79. The largest absolute Gasteiger partial charge is 0.379 e. The number of aliphatic imine (C=N–C) groups is 1. The minimum Gasteiger partial charge on any atom is -0.379 e. The Kier molecular flexibility index (Phi) is 2.70. The van der Waals surface area contributed by atoms with Crippen LogP contribution in [0.3, 0.4) is 0 Å². The van der Waals surface area contributed by atoms with Crippen molar-refractivity contribution in [3.8, 4) is 0 Å². The van der Waals surface area contributed by atoms with Crippen LogP contribution in [0.1, 0.15) is 19.3 Å². The fourth-order valence-corrected chi connectivity index (χ4v) is 1.52. The minimum absolute atomic E-state index is 0.166. The Morgan fingerprint density at radius 2 is 2.18 bits per heavy atom. The second kappa shape index (κ2) is 3.57. The molecule has 1 fully saturated rings. The number of hydrogen-bond acceptors (Lipinski definition) is 2. The molecule has 0 radical (unpaired) electrons. The first kappa shape index (κ1) is 8.33. The third-order valence-electron chi connectivity index (χ3n) is 2.04. The van der Waals surface area contributed by atoms with Crippen molar-refractivity contribution >= 4 is 5.96 Å². The fourth-order valence-electron chi connectivity index (χ4n) is 1.52. The van der Waals surface area contributed by atoms with Gasteiger partial charge in [0.25, 0.3) is 0 Å². The minimum atomic E-state index is 0.166. The molecule has 1 saturated carbocycles. The van der Waals surface area contributed by atoms with E-state index in [1.807, 2.05) is 0 Å². The first-order valence-corrected chi connectivity index (χ1v) is 3.85.